The summed E-state index contributed by atoms with van der Waals surface area (Å²) >= 11 is 0. The summed E-state index contributed by atoms with van der Waals surface area (Å²) in [5, 5.41) is 11.4. The average Bonchev–Trinajstić information content (AvgIpc) is 2.84. The first-order valence-electron chi connectivity index (χ1n) is 7.15. The number of amides is 1. The molecule has 5 heteroatoms. The maximum atomic E-state index is 12.8. The number of rotatable bonds is 3. The molecule has 1 amide bonds. The van der Waals surface area contributed by atoms with Gasteiger partial charge in [-0.25, -0.2) is 0 Å². The highest BCUT2D eigenvalue weighted by Gasteiger charge is 2.43. The van der Waals surface area contributed by atoms with E-state index in [9.17, 15) is 14.7 Å². The van der Waals surface area contributed by atoms with Crippen molar-refractivity contribution in [1.29, 1.82) is 0 Å². The number of benzene rings is 1. The number of aromatic amines is 1. The molecule has 0 saturated carbocycles. The first-order valence-corrected chi connectivity index (χ1v) is 7.15. The van der Waals surface area contributed by atoms with Gasteiger partial charge in [-0.3, -0.25) is 9.59 Å². The Labute approximate surface area is 122 Å². The number of hydrogen-bond donors (Lipinski definition) is 3. The Bertz CT molecular complexity index is 719. The number of para-hydroxylation sites is 1. The van der Waals surface area contributed by atoms with E-state index >= 15 is 0 Å². The van der Waals surface area contributed by atoms with Crippen molar-refractivity contribution in [2.75, 3.05) is 0 Å². The van der Waals surface area contributed by atoms with Gasteiger partial charge < -0.3 is 15.8 Å². The highest BCUT2D eigenvalue weighted by molar-refractivity contribution is 6.11. The van der Waals surface area contributed by atoms with Gasteiger partial charge in [0.05, 0.1) is 11.8 Å². The van der Waals surface area contributed by atoms with Crippen molar-refractivity contribution < 1.29 is 14.7 Å². The number of nitrogens with two attached hydrogens (primary N) is 1. The third kappa shape index (κ3) is 2.05. The van der Waals surface area contributed by atoms with E-state index in [0.29, 0.717) is 17.7 Å². The van der Waals surface area contributed by atoms with Crippen LogP contribution in [0.2, 0.25) is 0 Å². The van der Waals surface area contributed by atoms with Crippen molar-refractivity contribution in [3.05, 3.63) is 35.5 Å². The van der Waals surface area contributed by atoms with E-state index in [0.717, 1.165) is 10.9 Å². The lowest BCUT2D eigenvalue weighted by Crippen LogP contribution is -2.37. The van der Waals surface area contributed by atoms with Gasteiger partial charge in [0.1, 0.15) is 0 Å². The summed E-state index contributed by atoms with van der Waals surface area (Å²) in [6, 6.07) is 7.49. The Morgan fingerprint density at radius 3 is 2.76 bits per heavy atom. The summed E-state index contributed by atoms with van der Waals surface area (Å²) in [5.74, 6) is -1.34. The summed E-state index contributed by atoms with van der Waals surface area (Å²) in [5.41, 5.74) is 7.17. The van der Waals surface area contributed by atoms with Crippen LogP contribution in [-0.4, -0.2) is 21.8 Å². The van der Waals surface area contributed by atoms with E-state index in [1.165, 1.54) is 0 Å². The van der Waals surface area contributed by atoms with Gasteiger partial charge in [0.15, 0.2) is 5.78 Å². The highest BCUT2D eigenvalue weighted by atomic mass is 16.3. The van der Waals surface area contributed by atoms with Gasteiger partial charge in [0.2, 0.25) is 5.91 Å². The van der Waals surface area contributed by atoms with E-state index < -0.39 is 17.9 Å². The molecule has 1 aromatic heterocycles. The van der Waals surface area contributed by atoms with Crippen LogP contribution in [0.15, 0.2) is 24.3 Å². The highest BCUT2D eigenvalue weighted by Crippen LogP contribution is 2.43. The number of H-pyrrole nitrogens is 1. The minimum absolute atomic E-state index is 0.0125. The number of ketones is 1. The molecule has 1 aliphatic carbocycles. The molecular formula is C16H18N2O3. The first kappa shape index (κ1) is 13.8. The second-order valence-electron chi connectivity index (χ2n) is 5.62. The van der Waals surface area contributed by atoms with E-state index in [-0.39, 0.29) is 18.1 Å². The summed E-state index contributed by atoms with van der Waals surface area (Å²) in [6.45, 7) is 1.89. The molecule has 0 spiro atoms. The van der Waals surface area contributed by atoms with Crippen LogP contribution in [0.25, 0.3) is 10.9 Å². The Morgan fingerprint density at radius 1 is 1.38 bits per heavy atom. The minimum atomic E-state index is -0.873. The van der Waals surface area contributed by atoms with Crippen molar-refractivity contribution in [3.8, 4) is 0 Å². The van der Waals surface area contributed by atoms with E-state index in [2.05, 4.69) is 4.98 Å². The molecule has 5 nitrogen and oxygen atoms in total. The maximum Gasteiger partial charge on any atom is 0.217 e. The number of aliphatic hydroxyl groups excluding tert-OH is 1. The van der Waals surface area contributed by atoms with Gasteiger partial charge in [-0.1, -0.05) is 25.1 Å². The van der Waals surface area contributed by atoms with Crippen LogP contribution in [-0.2, 0) is 4.79 Å². The zero-order valence-electron chi connectivity index (χ0n) is 11.8. The molecule has 3 rings (SSSR count). The van der Waals surface area contributed by atoms with Crippen LogP contribution in [0, 0.1) is 11.8 Å². The molecule has 0 aliphatic heterocycles. The zero-order chi connectivity index (χ0) is 15.1. The SMILES string of the molecule is CC[C@@H]1C(=O)c2c([nH]c3ccccc23)[C@@H](O)[C@H]1CC(N)=O. The lowest BCUT2D eigenvalue weighted by atomic mass is 9.72. The monoisotopic (exact) mass is 286 g/mol. The lowest BCUT2D eigenvalue weighted by Gasteiger charge is -2.33. The standard InChI is InChI=1S/C16H18N2O3/c1-2-8-10(7-12(17)19)16(21)14-13(15(8)20)9-5-3-4-6-11(9)18-14/h3-6,8,10,16,18,21H,2,7H2,1H3,(H2,17,19)/t8-,10-,16-/m0/s1. The van der Waals surface area contributed by atoms with Gasteiger partial charge in [-0.2, -0.15) is 0 Å². The molecule has 21 heavy (non-hydrogen) atoms. The predicted octanol–water partition coefficient (Wildman–Crippen LogP) is 1.92. The minimum Gasteiger partial charge on any atom is -0.387 e. The molecule has 1 aromatic carbocycles. The number of fused-ring (bicyclic) bond motifs is 3. The van der Waals surface area contributed by atoms with E-state index in [1.54, 1.807) is 0 Å². The Kier molecular flexibility index (Phi) is 3.29. The molecule has 1 heterocycles. The summed E-state index contributed by atoms with van der Waals surface area (Å²) in [6.07, 6.45) is -0.282. The van der Waals surface area contributed by atoms with Gasteiger partial charge in [-0.15, -0.1) is 0 Å². The molecule has 110 valence electrons. The smallest absolute Gasteiger partial charge is 0.217 e. The normalized spacial score (nSPS) is 25.0. The van der Waals surface area contributed by atoms with Gasteiger partial charge in [0, 0.05) is 34.7 Å². The van der Waals surface area contributed by atoms with Crippen LogP contribution in [0.5, 0.6) is 0 Å². The summed E-state index contributed by atoms with van der Waals surface area (Å²) in [7, 11) is 0. The van der Waals surface area contributed by atoms with Gasteiger partial charge in [-0.05, 0) is 12.5 Å². The van der Waals surface area contributed by atoms with E-state index in [1.807, 2.05) is 31.2 Å². The van der Waals surface area contributed by atoms with Crippen LogP contribution in [0.3, 0.4) is 0 Å². The fraction of sp³-hybridized carbons (Fsp3) is 0.375. The van der Waals surface area contributed by atoms with Crippen molar-refractivity contribution in [1.82, 2.24) is 4.98 Å². The molecule has 2 aromatic rings. The van der Waals surface area contributed by atoms with Crippen molar-refractivity contribution >= 4 is 22.6 Å². The molecule has 4 N–H and O–H groups in total. The molecule has 0 bridgehead atoms. The third-order valence-corrected chi connectivity index (χ3v) is 4.41. The summed E-state index contributed by atoms with van der Waals surface area (Å²) < 4.78 is 0. The number of carbonyl (C=O) groups excluding carboxylic acids is 2. The fourth-order valence-corrected chi connectivity index (χ4v) is 3.44. The molecular weight excluding hydrogens is 268 g/mol. The van der Waals surface area contributed by atoms with Crippen LogP contribution >= 0.6 is 0 Å². The number of Topliss-reactive ketones (excluding diaryl/α,β-unsaturated/α-hetero) is 1. The number of aromatic nitrogens is 1. The van der Waals surface area contributed by atoms with Crippen LogP contribution in [0.4, 0.5) is 0 Å². The maximum absolute atomic E-state index is 12.8. The lowest BCUT2D eigenvalue weighted by molar-refractivity contribution is -0.120. The Morgan fingerprint density at radius 2 is 2.10 bits per heavy atom. The van der Waals surface area contributed by atoms with E-state index in [4.69, 9.17) is 5.73 Å². The third-order valence-electron chi connectivity index (χ3n) is 4.41. The Hall–Kier alpha value is -2.14. The quantitative estimate of drug-likeness (QED) is 0.804. The largest absolute Gasteiger partial charge is 0.387 e. The van der Waals surface area contributed by atoms with Crippen LogP contribution < -0.4 is 5.73 Å². The topological polar surface area (TPSA) is 96.2 Å². The second-order valence-corrected chi connectivity index (χ2v) is 5.62. The van der Waals surface area contributed by atoms with Gasteiger partial charge in [0.25, 0.3) is 0 Å². The first-order chi connectivity index (χ1) is 10.0. The average molecular weight is 286 g/mol. The summed E-state index contributed by atoms with van der Waals surface area (Å²) in [4.78, 5) is 27.2. The molecule has 0 saturated heterocycles. The second kappa shape index (κ2) is 5.00. The zero-order valence-corrected chi connectivity index (χ0v) is 11.8. The number of carbonyl (C=O) groups is 2. The number of hydrogen-bond acceptors (Lipinski definition) is 3. The molecule has 1 aliphatic rings. The van der Waals surface area contributed by atoms with Crippen LogP contribution in [0.1, 0.15) is 41.9 Å². The molecule has 0 unspecified atom stereocenters. The van der Waals surface area contributed by atoms with Crippen molar-refractivity contribution in [2.45, 2.75) is 25.9 Å². The van der Waals surface area contributed by atoms with Crippen molar-refractivity contribution in [2.24, 2.45) is 17.6 Å². The molecule has 0 fully saturated rings. The fourth-order valence-electron chi connectivity index (χ4n) is 3.44. The van der Waals surface area contributed by atoms with Crippen molar-refractivity contribution in [3.63, 3.8) is 0 Å². The number of nitrogens with one attached hydrogen (secondary N) is 1. The molecule has 0 radical (unpaired) electrons. The number of primary amides is 1. The van der Waals surface area contributed by atoms with Gasteiger partial charge >= 0.3 is 0 Å². The molecule has 3 atom stereocenters. The Balaban J connectivity index is 2.18. The number of aliphatic hydroxyl groups is 1. The predicted molar refractivity (Wildman–Crippen MR) is 78.7 cm³/mol.